The van der Waals surface area contributed by atoms with Crippen molar-refractivity contribution >= 4 is 0 Å². The van der Waals surface area contributed by atoms with E-state index in [9.17, 15) is 8.78 Å². The van der Waals surface area contributed by atoms with Gasteiger partial charge in [0.1, 0.15) is 17.4 Å². The van der Waals surface area contributed by atoms with Gasteiger partial charge in [0, 0.05) is 49.9 Å². The van der Waals surface area contributed by atoms with E-state index in [2.05, 4.69) is 10.2 Å². The molecule has 0 bridgehead atoms. The lowest BCUT2D eigenvalue weighted by molar-refractivity contribution is 0.0803. The molecule has 5 heteroatoms. The number of methoxy groups -OCH3 is 1. The Morgan fingerprint density at radius 2 is 1.67 bits per heavy atom. The van der Waals surface area contributed by atoms with Gasteiger partial charge in [0.25, 0.3) is 0 Å². The van der Waals surface area contributed by atoms with Crippen molar-refractivity contribution in [3.63, 3.8) is 0 Å². The van der Waals surface area contributed by atoms with Crippen LogP contribution in [0.1, 0.15) is 32.4 Å². The van der Waals surface area contributed by atoms with Crippen molar-refractivity contribution in [2.75, 3.05) is 33.3 Å². The van der Waals surface area contributed by atoms with E-state index in [4.69, 9.17) is 4.74 Å². The third-order valence-electron chi connectivity index (χ3n) is 3.90. The van der Waals surface area contributed by atoms with Gasteiger partial charge in [0.05, 0.1) is 7.11 Å². The predicted molar refractivity (Wildman–Crippen MR) is 79.5 cm³/mol. The molecule has 2 rings (SSSR count). The molecule has 1 aromatic carbocycles. The van der Waals surface area contributed by atoms with Crippen LogP contribution in [0.15, 0.2) is 12.1 Å². The average molecular weight is 298 g/mol. The van der Waals surface area contributed by atoms with Crippen molar-refractivity contribution in [3.8, 4) is 5.75 Å². The molecule has 21 heavy (non-hydrogen) atoms. The minimum Gasteiger partial charge on any atom is -0.497 e. The maximum atomic E-state index is 14.5. The van der Waals surface area contributed by atoms with Gasteiger partial charge < -0.3 is 10.1 Å². The topological polar surface area (TPSA) is 24.5 Å². The van der Waals surface area contributed by atoms with Crippen LogP contribution in [-0.2, 0) is 0 Å². The Hall–Kier alpha value is -1.20. The molecule has 0 amide bonds. The van der Waals surface area contributed by atoms with Crippen LogP contribution in [0.2, 0.25) is 0 Å². The van der Waals surface area contributed by atoms with Crippen LogP contribution in [-0.4, -0.2) is 38.2 Å². The van der Waals surface area contributed by atoms with Crippen molar-refractivity contribution in [2.24, 2.45) is 5.41 Å². The summed E-state index contributed by atoms with van der Waals surface area (Å²) < 4.78 is 33.9. The highest BCUT2D eigenvalue weighted by Gasteiger charge is 2.36. The average Bonchev–Trinajstić information content (AvgIpc) is 2.42. The largest absolute Gasteiger partial charge is 0.497 e. The van der Waals surface area contributed by atoms with Gasteiger partial charge in [-0.15, -0.1) is 0 Å². The molecule has 1 fully saturated rings. The first kappa shape index (κ1) is 16.2. The summed E-state index contributed by atoms with van der Waals surface area (Å²) in [5, 5.41) is 3.27. The predicted octanol–water partition coefficient (Wildman–Crippen LogP) is 2.97. The maximum Gasteiger partial charge on any atom is 0.134 e. The first-order valence-electron chi connectivity index (χ1n) is 7.32. The number of halogens is 2. The number of hydrogen-bond acceptors (Lipinski definition) is 3. The van der Waals surface area contributed by atoms with E-state index in [-0.39, 0.29) is 22.8 Å². The summed E-state index contributed by atoms with van der Waals surface area (Å²) in [7, 11) is 1.41. The Kier molecular flexibility index (Phi) is 4.84. The van der Waals surface area contributed by atoms with Crippen LogP contribution >= 0.6 is 0 Å². The second-order valence-corrected chi connectivity index (χ2v) is 6.56. The smallest absolute Gasteiger partial charge is 0.134 e. The third-order valence-corrected chi connectivity index (χ3v) is 3.90. The molecule has 1 aliphatic rings. The molecule has 0 saturated carbocycles. The molecule has 1 atom stereocenters. The van der Waals surface area contributed by atoms with Gasteiger partial charge in [-0.2, -0.15) is 0 Å². The van der Waals surface area contributed by atoms with Crippen LogP contribution in [0, 0.1) is 17.0 Å². The van der Waals surface area contributed by atoms with Crippen LogP contribution in [0.25, 0.3) is 0 Å². The summed E-state index contributed by atoms with van der Waals surface area (Å²) in [5.41, 5.74) is -0.127. The first-order chi connectivity index (χ1) is 9.84. The van der Waals surface area contributed by atoms with Crippen LogP contribution in [0.3, 0.4) is 0 Å². The fraction of sp³-hybridized carbons (Fsp3) is 0.625. The Morgan fingerprint density at radius 3 is 2.10 bits per heavy atom. The standard InChI is InChI=1S/C16H24F2N2O/c1-16(2,3)15(20-7-5-19-6-8-20)14-12(17)9-11(21-4)10-13(14)18/h9-10,15,19H,5-8H2,1-4H3/t15-/m1/s1. The molecular formula is C16H24F2N2O. The van der Waals surface area contributed by atoms with E-state index < -0.39 is 11.6 Å². The van der Waals surface area contributed by atoms with E-state index in [0.29, 0.717) is 0 Å². The van der Waals surface area contributed by atoms with Crippen molar-refractivity contribution in [2.45, 2.75) is 26.8 Å². The molecular weight excluding hydrogens is 274 g/mol. The molecule has 3 nitrogen and oxygen atoms in total. The lowest BCUT2D eigenvalue weighted by Gasteiger charge is -2.42. The van der Waals surface area contributed by atoms with Gasteiger partial charge >= 0.3 is 0 Å². The minimum absolute atomic E-state index is 0.144. The molecule has 0 radical (unpaired) electrons. The number of hydrogen-bond donors (Lipinski definition) is 1. The zero-order valence-electron chi connectivity index (χ0n) is 13.2. The number of nitrogens with zero attached hydrogens (tertiary/aromatic N) is 1. The lowest BCUT2D eigenvalue weighted by Crippen LogP contribution is -2.48. The molecule has 0 aromatic heterocycles. The normalized spacial score (nSPS) is 18.6. The number of rotatable bonds is 3. The maximum absolute atomic E-state index is 14.5. The van der Waals surface area contributed by atoms with E-state index >= 15 is 0 Å². The highest BCUT2D eigenvalue weighted by molar-refractivity contribution is 5.33. The highest BCUT2D eigenvalue weighted by Crippen LogP contribution is 2.41. The number of benzene rings is 1. The van der Waals surface area contributed by atoms with E-state index in [1.54, 1.807) is 0 Å². The second kappa shape index (κ2) is 6.28. The molecule has 1 N–H and O–H groups in total. The lowest BCUT2D eigenvalue weighted by atomic mass is 9.80. The summed E-state index contributed by atoms with van der Waals surface area (Å²) in [6, 6.07) is 2.23. The van der Waals surface area contributed by atoms with Crippen LogP contribution in [0.4, 0.5) is 8.78 Å². The van der Waals surface area contributed by atoms with Crippen molar-refractivity contribution in [3.05, 3.63) is 29.3 Å². The molecule has 1 aromatic rings. The summed E-state index contributed by atoms with van der Waals surface area (Å²) >= 11 is 0. The zero-order chi connectivity index (χ0) is 15.6. The summed E-state index contributed by atoms with van der Waals surface area (Å²) in [5.74, 6) is -0.864. The van der Waals surface area contributed by atoms with Crippen LogP contribution in [0.5, 0.6) is 5.75 Å². The summed E-state index contributed by atoms with van der Waals surface area (Å²) in [6.45, 7) is 9.30. The molecule has 1 aliphatic heterocycles. The van der Waals surface area contributed by atoms with Gasteiger partial charge in [0.15, 0.2) is 0 Å². The number of piperazine rings is 1. The minimum atomic E-state index is -0.537. The van der Waals surface area contributed by atoms with Crippen molar-refractivity contribution in [1.29, 1.82) is 0 Å². The van der Waals surface area contributed by atoms with E-state index in [1.165, 1.54) is 19.2 Å². The van der Waals surface area contributed by atoms with Crippen molar-refractivity contribution in [1.82, 2.24) is 10.2 Å². The number of ether oxygens (including phenoxy) is 1. The fourth-order valence-electron chi connectivity index (χ4n) is 3.04. The van der Waals surface area contributed by atoms with E-state index in [1.807, 2.05) is 20.8 Å². The Bertz CT molecular complexity index is 471. The van der Waals surface area contributed by atoms with Gasteiger partial charge in [-0.3, -0.25) is 4.90 Å². The monoisotopic (exact) mass is 298 g/mol. The molecule has 0 aliphatic carbocycles. The zero-order valence-corrected chi connectivity index (χ0v) is 13.2. The summed E-state index contributed by atoms with van der Waals surface area (Å²) in [4.78, 5) is 2.16. The molecule has 118 valence electrons. The van der Waals surface area contributed by atoms with Gasteiger partial charge in [-0.25, -0.2) is 8.78 Å². The summed E-state index contributed by atoms with van der Waals surface area (Å²) in [6.07, 6.45) is 0. The second-order valence-electron chi connectivity index (χ2n) is 6.56. The fourth-order valence-corrected chi connectivity index (χ4v) is 3.04. The van der Waals surface area contributed by atoms with Gasteiger partial charge in [-0.05, 0) is 5.41 Å². The number of nitrogens with one attached hydrogen (secondary N) is 1. The Morgan fingerprint density at radius 1 is 1.14 bits per heavy atom. The van der Waals surface area contributed by atoms with Gasteiger partial charge in [0.2, 0.25) is 0 Å². The quantitative estimate of drug-likeness (QED) is 0.928. The van der Waals surface area contributed by atoms with E-state index in [0.717, 1.165) is 26.2 Å². The third kappa shape index (κ3) is 3.52. The molecule has 0 unspecified atom stereocenters. The molecule has 1 heterocycles. The van der Waals surface area contributed by atoms with Crippen LogP contribution < -0.4 is 10.1 Å². The van der Waals surface area contributed by atoms with Gasteiger partial charge in [-0.1, -0.05) is 20.8 Å². The Balaban J connectivity index is 2.46. The SMILES string of the molecule is COc1cc(F)c([C@@H](N2CCNCC2)C(C)(C)C)c(F)c1. The highest BCUT2D eigenvalue weighted by atomic mass is 19.1. The molecule has 1 saturated heterocycles. The first-order valence-corrected chi connectivity index (χ1v) is 7.32. The Labute approximate surface area is 125 Å². The molecule has 0 spiro atoms. The van der Waals surface area contributed by atoms with Crippen molar-refractivity contribution < 1.29 is 13.5 Å².